The molecule has 0 aliphatic carbocycles. The number of esters is 2. The van der Waals surface area contributed by atoms with Gasteiger partial charge in [0.05, 0.1) is 12.1 Å². The van der Waals surface area contributed by atoms with Gasteiger partial charge in [-0.2, -0.15) is 0 Å². The van der Waals surface area contributed by atoms with Gasteiger partial charge in [0.1, 0.15) is 13.2 Å². The van der Waals surface area contributed by atoms with Gasteiger partial charge >= 0.3 is 11.9 Å². The zero-order valence-electron chi connectivity index (χ0n) is 14.1. The van der Waals surface area contributed by atoms with Crippen molar-refractivity contribution < 1.29 is 28.6 Å². The summed E-state index contributed by atoms with van der Waals surface area (Å²) in [6, 6.07) is -0.612. The SMILES string of the molecule is CC(=O)OCC1OC(OC(C)=O)C(NC(=O)CN=[N+]=[N-])[C@@H](C)[C@@H]1C. The standard InChI is InChI=1S/C14H22N4O6/c1-7-8(2)13(17-12(21)5-16-18-15)14(23-10(4)20)24-11(7)6-22-9(3)19/h7-8,11,13-14H,5-6H2,1-4H3,(H,17,21)/t7-,8-,11?,13?,14?/m0/s1. The molecule has 0 bridgehead atoms. The first kappa shape index (κ1) is 19.7. The molecule has 1 aliphatic heterocycles. The number of hydrogen-bond acceptors (Lipinski definition) is 7. The fourth-order valence-corrected chi connectivity index (χ4v) is 2.48. The molecule has 1 aliphatic rings. The molecule has 0 spiro atoms. The Hall–Kier alpha value is -2.32. The molecule has 0 aromatic heterocycles. The van der Waals surface area contributed by atoms with Gasteiger partial charge in [-0.25, -0.2) is 0 Å². The molecule has 0 radical (unpaired) electrons. The van der Waals surface area contributed by atoms with Crippen molar-refractivity contribution in [3.8, 4) is 0 Å². The molecule has 5 atom stereocenters. The highest BCUT2D eigenvalue weighted by Crippen LogP contribution is 2.31. The van der Waals surface area contributed by atoms with E-state index in [2.05, 4.69) is 15.3 Å². The molecular weight excluding hydrogens is 320 g/mol. The summed E-state index contributed by atoms with van der Waals surface area (Å²) < 4.78 is 15.8. The van der Waals surface area contributed by atoms with Gasteiger partial charge in [-0.3, -0.25) is 14.4 Å². The lowest BCUT2D eigenvalue weighted by atomic mass is 9.82. The molecular formula is C14H22N4O6. The van der Waals surface area contributed by atoms with Gasteiger partial charge in [-0.05, 0) is 17.4 Å². The van der Waals surface area contributed by atoms with Gasteiger partial charge in [-0.1, -0.05) is 19.0 Å². The van der Waals surface area contributed by atoms with Crippen molar-refractivity contribution in [1.82, 2.24) is 5.32 Å². The maximum atomic E-state index is 11.8. The minimum atomic E-state index is -1.02. The number of nitrogens with one attached hydrogen (secondary N) is 1. The Morgan fingerprint density at radius 1 is 1.21 bits per heavy atom. The summed E-state index contributed by atoms with van der Waals surface area (Å²) in [7, 11) is 0. The van der Waals surface area contributed by atoms with Gasteiger partial charge in [0.2, 0.25) is 12.2 Å². The predicted molar refractivity (Wildman–Crippen MR) is 81.3 cm³/mol. The third-order valence-electron chi connectivity index (χ3n) is 3.92. The molecule has 0 aromatic carbocycles. The Kier molecular flexibility index (Phi) is 7.47. The molecule has 1 heterocycles. The molecule has 24 heavy (non-hydrogen) atoms. The van der Waals surface area contributed by atoms with Crippen molar-refractivity contribution in [3.63, 3.8) is 0 Å². The van der Waals surface area contributed by atoms with E-state index >= 15 is 0 Å². The van der Waals surface area contributed by atoms with Crippen LogP contribution in [0.5, 0.6) is 0 Å². The molecule has 0 saturated carbocycles. The zero-order chi connectivity index (χ0) is 18.3. The van der Waals surface area contributed by atoms with E-state index in [1.807, 2.05) is 13.8 Å². The van der Waals surface area contributed by atoms with Crippen LogP contribution in [0.1, 0.15) is 27.7 Å². The van der Waals surface area contributed by atoms with Gasteiger partial charge in [-0.15, -0.1) is 0 Å². The van der Waals surface area contributed by atoms with Crippen molar-refractivity contribution in [2.45, 2.75) is 46.1 Å². The van der Waals surface area contributed by atoms with Crippen LogP contribution >= 0.6 is 0 Å². The summed E-state index contributed by atoms with van der Waals surface area (Å²) in [4.78, 5) is 36.6. The van der Waals surface area contributed by atoms with Crippen molar-refractivity contribution in [2.24, 2.45) is 17.0 Å². The summed E-state index contributed by atoms with van der Waals surface area (Å²) in [6.45, 7) is 5.93. The lowest BCUT2D eigenvalue weighted by molar-refractivity contribution is -0.238. The first-order chi connectivity index (χ1) is 11.3. The van der Waals surface area contributed by atoms with Gasteiger partial charge in [0, 0.05) is 18.8 Å². The predicted octanol–water partition coefficient (Wildman–Crippen LogP) is 0.905. The van der Waals surface area contributed by atoms with Crippen molar-refractivity contribution in [1.29, 1.82) is 0 Å². The molecule has 10 nitrogen and oxygen atoms in total. The highest BCUT2D eigenvalue weighted by molar-refractivity contribution is 5.78. The van der Waals surface area contributed by atoms with Crippen LogP contribution in [-0.4, -0.2) is 49.4 Å². The second-order valence-electron chi connectivity index (χ2n) is 5.66. The number of nitrogens with zero attached hydrogens (tertiary/aromatic N) is 3. The molecule has 1 fully saturated rings. The van der Waals surface area contributed by atoms with Crippen LogP contribution in [0.3, 0.4) is 0 Å². The molecule has 1 N–H and O–H groups in total. The average Bonchev–Trinajstić information content (AvgIpc) is 2.50. The molecule has 134 valence electrons. The van der Waals surface area contributed by atoms with Crippen molar-refractivity contribution in [2.75, 3.05) is 13.2 Å². The van der Waals surface area contributed by atoms with Crippen molar-refractivity contribution >= 4 is 17.8 Å². The third kappa shape index (κ3) is 5.71. The number of carbonyl (C=O) groups is 3. The highest BCUT2D eigenvalue weighted by atomic mass is 16.7. The van der Waals surface area contributed by atoms with Crippen LogP contribution in [0.25, 0.3) is 10.4 Å². The van der Waals surface area contributed by atoms with E-state index in [-0.39, 0.29) is 25.0 Å². The summed E-state index contributed by atoms with van der Waals surface area (Å²) >= 11 is 0. The number of rotatable bonds is 6. The fourth-order valence-electron chi connectivity index (χ4n) is 2.48. The Labute approximate surface area is 139 Å². The van der Waals surface area contributed by atoms with E-state index in [1.165, 1.54) is 13.8 Å². The largest absolute Gasteiger partial charge is 0.463 e. The lowest BCUT2D eigenvalue weighted by Crippen LogP contribution is -2.59. The summed E-state index contributed by atoms with van der Waals surface area (Å²) in [5.41, 5.74) is 8.27. The van der Waals surface area contributed by atoms with Crippen LogP contribution in [0, 0.1) is 11.8 Å². The van der Waals surface area contributed by atoms with Crippen LogP contribution in [-0.2, 0) is 28.6 Å². The second-order valence-corrected chi connectivity index (χ2v) is 5.66. The van der Waals surface area contributed by atoms with Crippen LogP contribution in [0.4, 0.5) is 0 Å². The first-order valence-corrected chi connectivity index (χ1v) is 7.52. The lowest BCUT2D eigenvalue weighted by Gasteiger charge is -2.43. The average molecular weight is 342 g/mol. The summed E-state index contributed by atoms with van der Waals surface area (Å²) in [5.74, 6) is -1.73. The van der Waals surface area contributed by atoms with Crippen LogP contribution in [0.2, 0.25) is 0 Å². The number of ether oxygens (including phenoxy) is 3. The molecule has 1 amide bonds. The van der Waals surface area contributed by atoms with E-state index in [1.54, 1.807) is 0 Å². The molecule has 3 unspecified atom stereocenters. The minimum Gasteiger partial charge on any atom is -0.463 e. The fraction of sp³-hybridized carbons (Fsp3) is 0.786. The van der Waals surface area contributed by atoms with Gasteiger partial charge < -0.3 is 19.5 Å². The maximum Gasteiger partial charge on any atom is 0.305 e. The normalized spacial score (nSPS) is 29.1. The van der Waals surface area contributed by atoms with E-state index in [0.717, 1.165) is 0 Å². The summed E-state index contributed by atoms with van der Waals surface area (Å²) in [5, 5.41) is 5.85. The molecule has 10 heteroatoms. The smallest absolute Gasteiger partial charge is 0.305 e. The Bertz CT molecular complexity index is 533. The Morgan fingerprint density at radius 2 is 1.88 bits per heavy atom. The topological polar surface area (TPSA) is 140 Å². The first-order valence-electron chi connectivity index (χ1n) is 7.52. The number of azide groups is 1. The highest BCUT2D eigenvalue weighted by Gasteiger charge is 2.44. The van der Waals surface area contributed by atoms with E-state index in [4.69, 9.17) is 19.7 Å². The molecule has 1 saturated heterocycles. The van der Waals surface area contributed by atoms with Crippen molar-refractivity contribution in [3.05, 3.63) is 10.4 Å². The van der Waals surface area contributed by atoms with Gasteiger partial charge in [0.15, 0.2) is 0 Å². The number of hydrogen-bond donors (Lipinski definition) is 1. The monoisotopic (exact) mass is 342 g/mol. The van der Waals surface area contributed by atoms with E-state index in [9.17, 15) is 14.4 Å². The maximum absolute atomic E-state index is 11.8. The summed E-state index contributed by atoms with van der Waals surface area (Å²) in [6.07, 6.45) is -1.50. The third-order valence-corrected chi connectivity index (χ3v) is 3.92. The Balaban J connectivity index is 2.87. The molecule has 0 aromatic rings. The van der Waals surface area contributed by atoms with E-state index in [0.29, 0.717) is 0 Å². The zero-order valence-corrected chi connectivity index (χ0v) is 14.1. The number of amides is 1. The Morgan fingerprint density at radius 3 is 2.42 bits per heavy atom. The second kappa shape index (κ2) is 9.09. The molecule has 1 rings (SSSR count). The quantitative estimate of drug-likeness (QED) is 0.329. The minimum absolute atomic E-state index is 0.0258. The van der Waals surface area contributed by atoms with Crippen LogP contribution < -0.4 is 5.32 Å². The van der Waals surface area contributed by atoms with E-state index < -0.39 is 36.3 Å². The van der Waals surface area contributed by atoms with Gasteiger partial charge in [0.25, 0.3) is 0 Å². The number of carbonyl (C=O) groups excluding carboxylic acids is 3. The van der Waals surface area contributed by atoms with Crippen LogP contribution in [0.15, 0.2) is 5.11 Å².